The summed E-state index contributed by atoms with van der Waals surface area (Å²) in [5, 5.41) is 6.91. The average molecular weight is 459 g/mol. The first kappa shape index (κ1) is 20.7. The molecule has 0 saturated carbocycles. The molecule has 4 rings (SSSR count). The number of halogens is 1. The summed E-state index contributed by atoms with van der Waals surface area (Å²) in [6.45, 7) is 0.783. The van der Waals surface area contributed by atoms with E-state index in [0.717, 1.165) is 27.4 Å². The quantitative estimate of drug-likeness (QED) is 0.431. The van der Waals surface area contributed by atoms with Crippen molar-refractivity contribution in [2.24, 2.45) is 0 Å². The Balaban J connectivity index is 1.54. The molecule has 7 nitrogen and oxygen atoms in total. The van der Waals surface area contributed by atoms with E-state index in [-0.39, 0.29) is 5.91 Å². The Labute approximate surface area is 186 Å². The van der Waals surface area contributed by atoms with Crippen molar-refractivity contribution < 1.29 is 4.79 Å². The SMILES string of the molecule is CNc1nccc(-c2ccc(C(=O)Nc3nc4c(Cl)cc(CN(C)C)cc4s3)s2)n1. The molecule has 0 unspecified atom stereocenters. The topological polar surface area (TPSA) is 83.0 Å². The second kappa shape index (κ2) is 8.65. The summed E-state index contributed by atoms with van der Waals surface area (Å²) < 4.78 is 0.946. The number of thiophene rings is 1. The highest BCUT2D eigenvalue weighted by molar-refractivity contribution is 7.22. The molecular weight excluding hydrogens is 440 g/mol. The Hall–Kier alpha value is -2.59. The van der Waals surface area contributed by atoms with Crippen molar-refractivity contribution in [1.29, 1.82) is 0 Å². The standard InChI is InChI=1S/C20H19ClN6OS2/c1-22-19-23-7-6-13(24-19)14-4-5-15(29-14)18(28)26-20-25-17-12(21)8-11(10-27(2)3)9-16(17)30-20/h4-9H,10H2,1-3H3,(H,22,23,24)(H,25,26,28). The Morgan fingerprint density at radius 2 is 2.00 bits per heavy atom. The van der Waals surface area contributed by atoms with Crippen LogP contribution in [0.3, 0.4) is 0 Å². The molecule has 0 bridgehead atoms. The molecule has 1 aromatic carbocycles. The highest BCUT2D eigenvalue weighted by Gasteiger charge is 2.15. The first-order chi connectivity index (χ1) is 14.4. The van der Waals surface area contributed by atoms with Gasteiger partial charge in [0.15, 0.2) is 5.13 Å². The molecule has 3 heterocycles. The zero-order valence-corrected chi connectivity index (χ0v) is 19.0. The van der Waals surface area contributed by atoms with E-state index in [9.17, 15) is 4.79 Å². The molecule has 0 aliphatic rings. The molecule has 0 spiro atoms. The Bertz CT molecular complexity index is 1220. The maximum absolute atomic E-state index is 12.7. The van der Waals surface area contributed by atoms with Gasteiger partial charge in [-0.1, -0.05) is 22.9 Å². The molecule has 0 aliphatic carbocycles. The molecule has 0 saturated heterocycles. The molecule has 30 heavy (non-hydrogen) atoms. The molecular formula is C20H19ClN6OS2. The van der Waals surface area contributed by atoms with E-state index in [1.807, 2.05) is 32.3 Å². The summed E-state index contributed by atoms with van der Waals surface area (Å²) in [5.41, 5.74) is 2.57. The van der Waals surface area contributed by atoms with Gasteiger partial charge >= 0.3 is 0 Å². The van der Waals surface area contributed by atoms with Crippen LogP contribution in [0.2, 0.25) is 5.02 Å². The number of thiazole rings is 1. The highest BCUT2D eigenvalue weighted by Crippen LogP contribution is 2.33. The third-order valence-corrected chi connectivity index (χ3v) is 6.50. The molecule has 154 valence electrons. The third kappa shape index (κ3) is 4.44. The number of amides is 1. The van der Waals surface area contributed by atoms with Gasteiger partial charge in [-0.05, 0) is 50.0 Å². The molecule has 2 N–H and O–H groups in total. The predicted molar refractivity (Wildman–Crippen MR) is 125 cm³/mol. The number of rotatable bonds is 6. The number of anilines is 2. The van der Waals surface area contributed by atoms with Gasteiger partial charge in [0.05, 0.1) is 25.2 Å². The van der Waals surface area contributed by atoms with Crippen LogP contribution < -0.4 is 10.6 Å². The molecule has 3 aromatic heterocycles. The van der Waals surface area contributed by atoms with Gasteiger partial charge in [0.25, 0.3) is 5.91 Å². The van der Waals surface area contributed by atoms with Crippen LogP contribution in [0.25, 0.3) is 20.8 Å². The summed E-state index contributed by atoms with van der Waals surface area (Å²) in [4.78, 5) is 29.3. The largest absolute Gasteiger partial charge is 0.357 e. The van der Waals surface area contributed by atoms with E-state index >= 15 is 0 Å². The van der Waals surface area contributed by atoms with Gasteiger partial charge < -0.3 is 10.2 Å². The zero-order chi connectivity index (χ0) is 21.3. The van der Waals surface area contributed by atoms with Gasteiger partial charge in [0.2, 0.25) is 5.95 Å². The lowest BCUT2D eigenvalue weighted by atomic mass is 10.2. The Morgan fingerprint density at radius 1 is 1.17 bits per heavy atom. The molecule has 0 radical (unpaired) electrons. The van der Waals surface area contributed by atoms with Crippen molar-refractivity contribution in [1.82, 2.24) is 19.9 Å². The van der Waals surface area contributed by atoms with Crippen LogP contribution in [0.15, 0.2) is 36.5 Å². The smallest absolute Gasteiger partial charge is 0.267 e. The molecule has 0 fully saturated rings. The maximum atomic E-state index is 12.7. The number of nitrogens with one attached hydrogen (secondary N) is 2. The minimum absolute atomic E-state index is 0.210. The molecule has 10 heteroatoms. The van der Waals surface area contributed by atoms with Crippen molar-refractivity contribution in [2.75, 3.05) is 31.8 Å². The second-order valence-electron chi connectivity index (χ2n) is 6.81. The van der Waals surface area contributed by atoms with Crippen molar-refractivity contribution in [2.45, 2.75) is 6.54 Å². The molecule has 0 aliphatic heterocycles. The van der Waals surface area contributed by atoms with Crippen LogP contribution in [0.4, 0.5) is 11.1 Å². The van der Waals surface area contributed by atoms with Gasteiger partial charge in [-0.2, -0.15) is 0 Å². The van der Waals surface area contributed by atoms with Crippen molar-refractivity contribution in [3.63, 3.8) is 0 Å². The first-order valence-corrected chi connectivity index (χ1v) is 11.1. The lowest BCUT2D eigenvalue weighted by Gasteiger charge is -2.09. The fraction of sp³-hybridized carbons (Fsp3) is 0.200. The maximum Gasteiger partial charge on any atom is 0.267 e. The number of aromatic nitrogens is 3. The van der Waals surface area contributed by atoms with Crippen LogP contribution in [-0.4, -0.2) is 46.9 Å². The van der Waals surface area contributed by atoms with Gasteiger partial charge in [-0.25, -0.2) is 15.0 Å². The van der Waals surface area contributed by atoms with Crippen LogP contribution in [0.5, 0.6) is 0 Å². The van der Waals surface area contributed by atoms with E-state index in [1.54, 1.807) is 19.3 Å². The van der Waals surface area contributed by atoms with E-state index in [4.69, 9.17) is 11.6 Å². The van der Waals surface area contributed by atoms with E-state index in [1.165, 1.54) is 22.7 Å². The fourth-order valence-corrected chi connectivity index (χ4v) is 5.09. The fourth-order valence-electron chi connectivity index (χ4n) is 2.92. The van der Waals surface area contributed by atoms with Crippen LogP contribution in [0, 0.1) is 0 Å². The minimum atomic E-state index is -0.210. The van der Waals surface area contributed by atoms with Crippen molar-refractivity contribution >= 4 is 61.5 Å². The van der Waals surface area contributed by atoms with Gasteiger partial charge in [0, 0.05) is 19.8 Å². The van der Waals surface area contributed by atoms with E-state index < -0.39 is 0 Å². The Kier molecular flexibility index (Phi) is 5.96. The van der Waals surface area contributed by atoms with Gasteiger partial charge in [0.1, 0.15) is 5.52 Å². The first-order valence-electron chi connectivity index (χ1n) is 9.09. The lowest BCUT2D eigenvalue weighted by Crippen LogP contribution is -2.10. The normalized spacial score (nSPS) is 11.2. The van der Waals surface area contributed by atoms with Gasteiger partial charge in [-0.15, -0.1) is 11.3 Å². The number of hydrogen-bond donors (Lipinski definition) is 2. The minimum Gasteiger partial charge on any atom is -0.357 e. The predicted octanol–water partition coefficient (Wildman–Crippen LogP) is 4.82. The summed E-state index contributed by atoms with van der Waals surface area (Å²) in [5.74, 6) is 0.324. The number of carbonyl (C=O) groups is 1. The molecule has 4 aromatic rings. The summed E-state index contributed by atoms with van der Waals surface area (Å²) >= 11 is 9.19. The molecule has 0 atom stereocenters. The Morgan fingerprint density at radius 3 is 2.77 bits per heavy atom. The van der Waals surface area contributed by atoms with Crippen LogP contribution in [0.1, 0.15) is 15.2 Å². The number of hydrogen-bond acceptors (Lipinski definition) is 8. The van der Waals surface area contributed by atoms with Crippen molar-refractivity contribution in [3.8, 4) is 10.6 Å². The highest BCUT2D eigenvalue weighted by atomic mass is 35.5. The number of carbonyl (C=O) groups excluding carboxylic acids is 1. The summed E-state index contributed by atoms with van der Waals surface area (Å²) in [6.07, 6.45) is 1.68. The number of nitrogens with zero attached hydrogens (tertiary/aromatic N) is 4. The monoisotopic (exact) mass is 458 g/mol. The number of benzene rings is 1. The van der Waals surface area contributed by atoms with E-state index in [2.05, 4.69) is 36.6 Å². The number of fused-ring (bicyclic) bond motifs is 1. The lowest BCUT2D eigenvalue weighted by molar-refractivity contribution is 0.103. The van der Waals surface area contributed by atoms with Crippen LogP contribution >= 0.6 is 34.3 Å². The van der Waals surface area contributed by atoms with Crippen LogP contribution in [-0.2, 0) is 6.54 Å². The zero-order valence-electron chi connectivity index (χ0n) is 16.6. The van der Waals surface area contributed by atoms with Crippen molar-refractivity contribution in [3.05, 3.63) is 52.0 Å². The third-order valence-electron chi connectivity index (χ3n) is 4.19. The second-order valence-corrected chi connectivity index (χ2v) is 9.34. The van der Waals surface area contributed by atoms with Gasteiger partial charge in [-0.3, -0.25) is 10.1 Å². The van der Waals surface area contributed by atoms with E-state index in [0.29, 0.717) is 26.5 Å². The average Bonchev–Trinajstić information content (AvgIpc) is 3.35. The molecule has 1 amide bonds. The summed E-state index contributed by atoms with van der Waals surface area (Å²) in [7, 11) is 5.78. The summed E-state index contributed by atoms with van der Waals surface area (Å²) in [6, 6.07) is 9.46.